The highest BCUT2D eigenvalue weighted by atomic mass is 16.2. The van der Waals surface area contributed by atoms with E-state index < -0.39 is 0 Å². The van der Waals surface area contributed by atoms with Gasteiger partial charge in [-0.25, -0.2) is 0 Å². The van der Waals surface area contributed by atoms with Crippen molar-refractivity contribution in [2.45, 2.75) is 78.2 Å². The summed E-state index contributed by atoms with van der Waals surface area (Å²) >= 11 is 0. The number of amides is 1. The third-order valence-electron chi connectivity index (χ3n) is 5.33. The predicted molar refractivity (Wildman–Crippen MR) is 88.3 cm³/mol. The fraction of sp³-hybridized carbons (Fsp3) is 0.944. The summed E-state index contributed by atoms with van der Waals surface area (Å²) in [6.07, 6.45) is 9.28. The highest BCUT2D eigenvalue weighted by molar-refractivity contribution is 5.83. The van der Waals surface area contributed by atoms with E-state index in [1.807, 2.05) is 0 Å². The van der Waals surface area contributed by atoms with Crippen LogP contribution in [0, 0.1) is 11.3 Å². The fourth-order valence-electron chi connectivity index (χ4n) is 4.27. The lowest BCUT2D eigenvalue weighted by Crippen LogP contribution is -2.52. The summed E-state index contributed by atoms with van der Waals surface area (Å²) in [5.74, 6) is 1.04. The molecule has 21 heavy (non-hydrogen) atoms. The highest BCUT2D eigenvalue weighted by Crippen LogP contribution is 2.38. The van der Waals surface area contributed by atoms with Gasteiger partial charge in [0.05, 0.1) is 5.41 Å². The second kappa shape index (κ2) is 7.62. The molecule has 2 rings (SSSR count). The molecule has 0 radical (unpaired) electrons. The molecule has 1 aliphatic carbocycles. The molecule has 3 nitrogen and oxygen atoms in total. The number of hydrogen-bond acceptors (Lipinski definition) is 2. The molecular formula is C18H34N2O. The summed E-state index contributed by atoms with van der Waals surface area (Å²) in [6.45, 7) is 9.66. The van der Waals surface area contributed by atoms with E-state index in [1.54, 1.807) is 0 Å². The Kier molecular flexibility index (Phi) is 6.09. The Balaban J connectivity index is 2.16. The van der Waals surface area contributed by atoms with E-state index in [0.717, 1.165) is 45.3 Å². The molecule has 1 N–H and O–H groups in total. The molecule has 0 aromatic carbocycles. The van der Waals surface area contributed by atoms with Crippen LogP contribution in [0.1, 0.15) is 72.1 Å². The quantitative estimate of drug-likeness (QED) is 0.812. The van der Waals surface area contributed by atoms with Crippen molar-refractivity contribution in [2.75, 3.05) is 19.6 Å². The van der Waals surface area contributed by atoms with Crippen molar-refractivity contribution in [1.82, 2.24) is 10.2 Å². The summed E-state index contributed by atoms with van der Waals surface area (Å²) in [5, 5.41) is 3.43. The third kappa shape index (κ3) is 4.00. The van der Waals surface area contributed by atoms with Gasteiger partial charge in [-0.15, -0.1) is 0 Å². The van der Waals surface area contributed by atoms with Crippen LogP contribution in [-0.2, 0) is 4.79 Å². The number of carbonyl (C=O) groups is 1. The number of carbonyl (C=O) groups excluding carboxylic acids is 1. The van der Waals surface area contributed by atoms with Gasteiger partial charge < -0.3 is 10.2 Å². The first kappa shape index (κ1) is 16.8. The van der Waals surface area contributed by atoms with Crippen molar-refractivity contribution >= 4 is 5.91 Å². The lowest BCUT2D eigenvalue weighted by molar-refractivity contribution is -0.147. The zero-order chi connectivity index (χ0) is 15.3. The van der Waals surface area contributed by atoms with E-state index in [4.69, 9.17) is 0 Å². The predicted octanol–water partition coefficient (Wildman–Crippen LogP) is 3.58. The van der Waals surface area contributed by atoms with Gasteiger partial charge in [-0.05, 0) is 51.1 Å². The molecule has 0 aromatic rings. The van der Waals surface area contributed by atoms with Gasteiger partial charge in [0.2, 0.25) is 5.91 Å². The first-order valence-electron chi connectivity index (χ1n) is 9.11. The van der Waals surface area contributed by atoms with Gasteiger partial charge in [-0.2, -0.15) is 0 Å². The lowest BCUT2D eigenvalue weighted by atomic mass is 9.73. The monoisotopic (exact) mass is 294 g/mol. The smallest absolute Gasteiger partial charge is 0.229 e. The highest BCUT2D eigenvalue weighted by Gasteiger charge is 2.43. The molecule has 0 spiro atoms. The van der Waals surface area contributed by atoms with Crippen LogP contribution in [0.4, 0.5) is 0 Å². The van der Waals surface area contributed by atoms with Crippen LogP contribution in [-0.4, -0.2) is 36.5 Å². The van der Waals surface area contributed by atoms with Crippen molar-refractivity contribution in [1.29, 1.82) is 0 Å². The van der Waals surface area contributed by atoms with Gasteiger partial charge in [0.25, 0.3) is 0 Å². The molecule has 2 fully saturated rings. The number of nitrogens with one attached hydrogen (secondary N) is 1. The molecule has 122 valence electrons. The van der Waals surface area contributed by atoms with Crippen LogP contribution in [0.2, 0.25) is 0 Å². The van der Waals surface area contributed by atoms with E-state index in [9.17, 15) is 4.79 Å². The summed E-state index contributed by atoms with van der Waals surface area (Å²) in [5.41, 5.74) is -0.0719. The minimum Gasteiger partial charge on any atom is -0.339 e. The van der Waals surface area contributed by atoms with Gasteiger partial charge in [0.1, 0.15) is 0 Å². The molecule has 2 aliphatic rings. The Labute approximate surface area is 130 Å². The Morgan fingerprint density at radius 2 is 1.86 bits per heavy atom. The molecule has 3 heteroatoms. The maximum absolute atomic E-state index is 13.4. The Bertz CT molecular complexity index is 323. The standard InChI is InChI=1S/C18H34N2O/c1-4-9-18(10-12-19-13-11-18)17(21)20(14-15(2)3)16-7-5-6-8-16/h15-16,19H,4-14H2,1-3H3. The van der Waals surface area contributed by atoms with Crippen molar-refractivity contribution in [3.05, 3.63) is 0 Å². The number of piperidine rings is 1. The molecule has 1 saturated heterocycles. The first-order chi connectivity index (χ1) is 10.1. The number of nitrogens with zero attached hydrogens (tertiary/aromatic N) is 1. The average molecular weight is 294 g/mol. The van der Waals surface area contributed by atoms with Gasteiger partial charge in [0, 0.05) is 12.6 Å². The van der Waals surface area contributed by atoms with E-state index in [2.05, 4.69) is 31.0 Å². The summed E-state index contributed by atoms with van der Waals surface area (Å²) in [4.78, 5) is 15.7. The van der Waals surface area contributed by atoms with Crippen LogP contribution in [0.15, 0.2) is 0 Å². The van der Waals surface area contributed by atoms with Crippen molar-refractivity contribution < 1.29 is 4.79 Å². The van der Waals surface area contributed by atoms with Gasteiger partial charge in [-0.3, -0.25) is 4.79 Å². The fourth-order valence-corrected chi connectivity index (χ4v) is 4.27. The van der Waals surface area contributed by atoms with E-state index in [-0.39, 0.29) is 5.41 Å². The maximum Gasteiger partial charge on any atom is 0.229 e. The number of rotatable bonds is 6. The molecule has 0 aromatic heterocycles. The van der Waals surface area contributed by atoms with E-state index in [1.165, 1.54) is 25.7 Å². The molecule has 0 bridgehead atoms. The molecule has 1 heterocycles. The molecule has 0 atom stereocenters. The minimum absolute atomic E-state index is 0.0719. The van der Waals surface area contributed by atoms with Crippen LogP contribution < -0.4 is 5.32 Å². The number of hydrogen-bond donors (Lipinski definition) is 1. The summed E-state index contributed by atoms with van der Waals surface area (Å²) in [6, 6.07) is 0.517. The third-order valence-corrected chi connectivity index (χ3v) is 5.33. The zero-order valence-corrected chi connectivity index (χ0v) is 14.3. The molecule has 0 unspecified atom stereocenters. The zero-order valence-electron chi connectivity index (χ0n) is 14.3. The van der Waals surface area contributed by atoms with Crippen LogP contribution in [0.25, 0.3) is 0 Å². The van der Waals surface area contributed by atoms with Crippen molar-refractivity contribution in [3.63, 3.8) is 0 Å². The normalized spacial score (nSPS) is 22.7. The van der Waals surface area contributed by atoms with Crippen LogP contribution in [0.5, 0.6) is 0 Å². The Hall–Kier alpha value is -0.570. The molecule has 1 saturated carbocycles. The van der Waals surface area contributed by atoms with Gasteiger partial charge in [-0.1, -0.05) is 40.0 Å². The van der Waals surface area contributed by atoms with E-state index in [0.29, 0.717) is 17.9 Å². The summed E-state index contributed by atoms with van der Waals surface area (Å²) < 4.78 is 0. The van der Waals surface area contributed by atoms with Crippen LogP contribution in [0.3, 0.4) is 0 Å². The Morgan fingerprint density at radius 3 is 2.38 bits per heavy atom. The van der Waals surface area contributed by atoms with Gasteiger partial charge in [0.15, 0.2) is 0 Å². The van der Waals surface area contributed by atoms with Crippen molar-refractivity contribution in [2.24, 2.45) is 11.3 Å². The lowest BCUT2D eigenvalue weighted by Gasteiger charge is -2.43. The maximum atomic E-state index is 13.4. The Morgan fingerprint density at radius 1 is 1.24 bits per heavy atom. The second-order valence-electron chi connectivity index (χ2n) is 7.57. The largest absolute Gasteiger partial charge is 0.339 e. The molecule has 1 amide bonds. The average Bonchev–Trinajstić information content (AvgIpc) is 2.99. The second-order valence-corrected chi connectivity index (χ2v) is 7.57. The first-order valence-corrected chi connectivity index (χ1v) is 9.11. The molecule has 1 aliphatic heterocycles. The van der Waals surface area contributed by atoms with Gasteiger partial charge >= 0.3 is 0 Å². The SMILES string of the molecule is CCCC1(C(=O)N(CC(C)C)C2CCCC2)CCNCC1. The topological polar surface area (TPSA) is 32.3 Å². The van der Waals surface area contributed by atoms with Crippen LogP contribution >= 0.6 is 0 Å². The minimum atomic E-state index is -0.0719. The van der Waals surface area contributed by atoms with E-state index >= 15 is 0 Å². The summed E-state index contributed by atoms with van der Waals surface area (Å²) in [7, 11) is 0. The van der Waals surface area contributed by atoms with Crippen molar-refractivity contribution in [3.8, 4) is 0 Å². The molecular weight excluding hydrogens is 260 g/mol.